The third-order valence-electron chi connectivity index (χ3n) is 6.45. The van der Waals surface area contributed by atoms with Gasteiger partial charge in [-0.25, -0.2) is 0 Å². The summed E-state index contributed by atoms with van der Waals surface area (Å²) >= 11 is 6.15. The number of carbonyl (C=O) groups is 1. The molecule has 0 bridgehead atoms. The number of rotatable bonds is 7. The molecular formula is C21H31ClN2O2. The summed E-state index contributed by atoms with van der Waals surface area (Å²) in [7, 11) is 1.59. The van der Waals surface area contributed by atoms with Crippen molar-refractivity contribution in [3.63, 3.8) is 0 Å². The molecule has 1 aliphatic carbocycles. The maximum Gasteiger partial charge on any atom is 0.228 e. The van der Waals surface area contributed by atoms with E-state index in [2.05, 4.69) is 24.1 Å². The standard InChI is InChI=1S/C21H31ClN2O2/c1-4-15(5-2)14-24-10-8-21(9-11-24)13-17(21)20(25)23-16-6-7-19(26-3)18(22)12-16/h6-7,12,15,17H,4-5,8-11,13-14H2,1-3H3,(H,23,25)/t17-/m1/s1. The first-order valence-corrected chi connectivity index (χ1v) is 10.3. The Morgan fingerprint density at radius 1 is 1.35 bits per heavy atom. The molecular weight excluding hydrogens is 348 g/mol. The van der Waals surface area contributed by atoms with Crippen LogP contribution in [0.4, 0.5) is 5.69 Å². The van der Waals surface area contributed by atoms with Crippen molar-refractivity contribution in [1.82, 2.24) is 4.90 Å². The van der Waals surface area contributed by atoms with Gasteiger partial charge in [-0.3, -0.25) is 4.79 Å². The minimum absolute atomic E-state index is 0.139. The van der Waals surface area contributed by atoms with Crippen molar-refractivity contribution in [3.8, 4) is 5.75 Å². The van der Waals surface area contributed by atoms with Crippen molar-refractivity contribution in [2.24, 2.45) is 17.3 Å². The molecule has 1 atom stereocenters. The Balaban J connectivity index is 1.51. The highest BCUT2D eigenvalue weighted by atomic mass is 35.5. The second-order valence-corrected chi connectivity index (χ2v) is 8.35. The average Bonchev–Trinajstić information content (AvgIpc) is 3.35. The summed E-state index contributed by atoms with van der Waals surface area (Å²) in [4.78, 5) is 15.3. The highest BCUT2D eigenvalue weighted by Crippen LogP contribution is 2.59. The van der Waals surface area contributed by atoms with Crippen LogP contribution in [0.3, 0.4) is 0 Å². The fourth-order valence-corrected chi connectivity index (χ4v) is 4.60. The Morgan fingerprint density at radius 2 is 2.04 bits per heavy atom. The number of benzene rings is 1. The van der Waals surface area contributed by atoms with Crippen molar-refractivity contribution in [3.05, 3.63) is 23.2 Å². The van der Waals surface area contributed by atoms with E-state index in [-0.39, 0.29) is 17.2 Å². The number of ether oxygens (including phenoxy) is 1. The molecule has 26 heavy (non-hydrogen) atoms. The summed E-state index contributed by atoms with van der Waals surface area (Å²) in [6, 6.07) is 5.39. The van der Waals surface area contributed by atoms with Gasteiger partial charge >= 0.3 is 0 Å². The second kappa shape index (κ2) is 8.18. The Bertz CT molecular complexity index is 637. The molecule has 144 valence electrons. The van der Waals surface area contributed by atoms with E-state index < -0.39 is 0 Å². The summed E-state index contributed by atoms with van der Waals surface area (Å²) in [6.07, 6.45) is 5.84. The molecule has 1 spiro atoms. The molecule has 2 aliphatic rings. The third kappa shape index (κ3) is 4.17. The number of carbonyl (C=O) groups excluding carboxylic acids is 1. The number of hydrogen-bond donors (Lipinski definition) is 1. The van der Waals surface area contributed by atoms with Crippen LogP contribution in [0.15, 0.2) is 18.2 Å². The maximum absolute atomic E-state index is 12.7. The SMILES string of the molecule is CCC(CC)CN1CCC2(CC1)C[C@@H]2C(=O)Nc1ccc(OC)c(Cl)c1. The first-order chi connectivity index (χ1) is 12.5. The number of hydrogen-bond acceptors (Lipinski definition) is 3. The van der Waals surface area contributed by atoms with Gasteiger partial charge in [-0.1, -0.05) is 38.3 Å². The van der Waals surface area contributed by atoms with Crippen molar-refractivity contribution >= 4 is 23.2 Å². The molecule has 1 saturated carbocycles. The zero-order chi connectivity index (χ0) is 18.7. The fourth-order valence-electron chi connectivity index (χ4n) is 4.34. The van der Waals surface area contributed by atoms with E-state index in [4.69, 9.17) is 16.3 Å². The Hall–Kier alpha value is -1.26. The van der Waals surface area contributed by atoms with Crippen molar-refractivity contribution in [1.29, 1.82) is 0 Å². The van der Waals surface area contributed by atoms with Gasteiger partial charge in [0.25, 0.3) is 0 Å². The van der Waals surface area contributed by atoms with Crippen LogP contribution in [0, 0.1) is 17.3 Å². The topological polar surface area (TPSA) is 41.6 Å². The zero-order valence-electron chi connectivity index (χ0n) is 16.2. The summed E-state index contributed by atoms with van der Waals surface area (Å²) in [5.41, 5.74) is 0.985. The smallest absolute Gasteiger partial charge is 0.228 e. The van der Waals surface area contributed by atoms with Gasteiger partial charge in [-0.05, 0) is 61.9 Å². The number of nitrogens with one attached hydrogen (secondary N) is 1. The lowest BCUT2D eigenvalue weighted by Gasteiger charge is -2.34. The molecule has 2 fully saturated rings. The van der Waals surface area contributed by atoms with Crippen LogP contribution in [0.25, 0.3) is 0 Å². The first-order valence-electron chi connectivity index (χ1n) is 9.88. The number of nitrogens with zero attached hydrogens (tertiary/aromatic N) is 1. The molecule has 4 nitrogen and oxygen atoms in total. The van der Waals surface area contributed by atoms with Crippen LogP contribution in [0.1, 0.15) is 46.0 Å². The van der Waals surface area contributed by atoms with Gasteiger partial charge in [-0.2, -0.15) is 0 Å². The molecule has 0 aromatic heterocycles. The van der Waals surface area contributed by atoms with Gasteiger partial charge in [0.1, 0.15) is 5.75 Å². The molecule has 1 saturated heterocycles. The lowest BCUT2D eigenvalue weighted by molar-refractivity contribution is -0.118. The lowest BCUT2D eigenvalue weighted by Crippen LogP contribution is -2.38. The predicted octanol–water partition coefficient (Wildman–Crippen LogP) is 4.83. The number of piperidine rings is 1. The molecule has 1 heterocycles. The first kappa shape index (κ1) is 19.5. The van der Waals surface area contributed by atoms with Gasteiger partial charge < -0.3 is 15.0 Å². The quantitative estimate of drug-likeness (QED) is 0.739. The Labute approximate surface area is 162 Å². The number of likely N-dealkylation sites (tertiary alicyclic amines) is 1. The van der Waals surface area contributed by atoms with Gasteiger partial charge in [-0.15, -0.1) is 0 Å². The molecule has 1 aromatic rings. The van der Waals surface area contributed by atoms with Crippen molar-refractivity contribution < 1.29 is 9.53 Å². The third-order valence-corrected chi connectivity index (χ3v) is 6.74. The lowest BCUT2D eigenvalue weighted by atomic mass is 9.89. The van der Waals surface area contributed by atoms with E-state index in [9.17, 15) is 4.79 Å². The maximum atomic E-state index is 12.7. The van der Waals surface area contributed by atoms with Crippen LogP contribution in [0.2, 0.25) is 5.02 Å². The largest absolute Gasteiger partial charge is 0.495 e. The summed E-state index contributed by atoms with van der Waals surface area (Å²) in [6.45, 7) is 8.05. The minimum Gasteiger partial charge on any atom is -0.495 e. The van der Waals surface area contributed by atoms with Crippen LogP contribution in [-0.2, 0) is 4.79 Å². The zero-order valence-corrected chi connectivity index (χ0v) is 16.9. The minimum atomic E-state index is 0.139. The Kier molecular flexibility index (Phi) is 6.13. The highest BCUT2D eigenvalue weighted by Gasteiger charge is 2.58. The van der Waals surface area contributed by atoms with Gasteiger partial charge in [0.2, 0.25) is 5.91 Å². The van der Waals surface area contributed by atoms with Gasteiger partial charge in [0.15, 0.2) is 0 Å². The summed E-state index contributed by atoms with van der Waals surface area (Å²) in [5.74, 6) is 1.72. The summed E-state index contributed by atoms with van der Waals surface area (Å²) in [5, 5.41) is 3.56. The molecule has 1 amide bonds. The summed E-state index contributed by atoms with van der Waals surface area (Å²) < 4.78 is 5.16. The molecule has 1 aromatic carbocycles. The van der Waals surface area contributed by atoms with Crippen molar-refractivity contribution in [2.75, 3.05) is 32.1 Å². The van der Waals surface area contributed by atoms with E-state index in [1.54, 1.807) is 19.2 Å². The number of anilines is 1. The molecule has 0 unspecified atom stereocenters. The van der Waals surface area contributed by atoms with Crippen LogP contribution in [-0.4, -0.2) is 37.6 Å². The highest BCUT2D eigenvalue weighted by molar-refractivity contribution is 6.32. The molecule has 0 radical (unpaired) electrons. The predicted molar refractivity (Wildman–Crippen MR) is 107 cm³/mol. The second-order valence-electron chi connectivity index (χ2n) is 7.94. The van der Waals surface area contributed by atoms with Crippen LogP contribution < -0.4 is 10.1 Å². The molecule has 3 rings (SSSR count). The number of methoxy groups -OCH3 is 1. The monoisotopic (exact) mass is 378 g/mol. The van der Waals surface area contributed by atoms with E-state index in [0.29, 0.717) is 10.8 Å². The van der Waals surface area contributed by atoms with E-state index in [0.717, 1.165) is 44.0 Å². The van der Waals surface area contributed by atoms with Crippen LogP contribution >= 0.6 is 11.6 Å². The fraction of sp³-hybridized carbons (Fsp3) is 0.667. The molecule has 1 N–H and O–H groups in total. The van der Waals surface area contributed by atoms with Crippen molar-refractivity contribution in [2.45, 2.75) is 46.0 Å². The molecule has 1 aliphatic heterocycles. The van der Waals surface area contributed by atoms with E-state index in [1.165, 1.54) is 19.4 Å². The van der Waals surface area contributed by atoms with E-state index in [1.807, 2.05) is 6.07 Å². The van der Waals surface area contributed by atoms with Gasteiger partial charge in [0.05, 0.1) is 12.1 Å². The average molecular weight is 379 g/mol. The van der Waals surface area contributed by atoms with E-state index >= 15 is 0 Å². The van der Waals surface area contributed by atoms with Gasteiger partial charge in [0, 0.05) is 18.2 Å². The normalized spacial score (nSPS) is 21.8. The number of halogens is 1. The molecule has 5 heteroatoms. The Morgan fingerprint density at radius 3 is 2.62 bits per heavy atom. The number of amides is 1. The van der Waals surface area contributed by atoms with Crippen LogP contribution in [0.5, 0.6) is 5.75 Å².